The van der Waals surface area contributed by atoms with E-state index < -0.39 is 0 Å². The van der Waals surface area contributed by atoms with Crippen LogP contribution in [0.4, 0.5) is 4.79 Å². The molecule has 0 radical (unpaired) electrons. The Labute approximate surface area is 85.5 Å². The van der Waals surface area contributed by atoms with Crippen LogP contribution < -0.4 is 5.32 Å². The van der Waals surface area contributed by atoms with Crippen molar-refractivity contribution in [1.82, 2.24) is 10.2 Å². The van der Waals surface area contributed by atoms with Gasteiger partial charge in [-0.3, -0.25) is 9.69 Å². The molecule has 1 aromatic rings. The number of urea groups is 1. The summed E-state index contributed by atoms with van der Waals surface area (Å²) in [5.74, 6) is -0.134. The summed E-state index contributed by atoms with van der Waals surface area (Å²) >= 11 is 1.62. The van der Waals surface area contributed by atoms with Crippen molar-refractivity contribution in [3.05, 3.63) is 22.4 Å². The average molecular weight is 210 g/mol. The van der Waals surface area contributed by atoms with Gasteiger partial charge in [0.25, 0.3) is 0 Å². The summed E-state index contributed by atoms with van der Waals surface area (Å²) in [5.41, 5.74) is 1.17. The molecular formula is C9H10N2O2S. The molecule has 3 amide bonds. The molecule has 1 aliphatic heterocycles. The molecule has 0 aromatic carbocycles. The van der Waals surface area contributed by atoms with Crippen molar-refractivity contribution in [2.75, 3.05) is 13.1 Å². The monoisotopic (exact) mass is 210 g/mol. The lowest BCUT2D eigenvalue weighted by atomic mass is 10.2. The molecule has 0 atom stereocenters. The molecule has 74 valence electrons. The van der Waals surface area contributed by atoms with Crippen LogP contribution in [0.1, 0.15) is 5.56 Å². The molecule has 5 heteroatoms. The maximum absolute atomic E-state index is 11.2. The number of carbonyl (C=O) groups is 2. The maximum Gasteiger partial charge on any atom is 0.324 e. The van der Waals surface area contributed by atoms with Gasteiger partial charge in [0, 0.05) is 6.54 Å². The van der Waals surface area contributed by atoms with Gasteiger partial charge in [-0.2, -0.15) is 11.3 Å². The van der Waals surface area contributed by atoms with Crippen molar-refractivity contribution < 1.29 is 9.59 Å². The van der Waals surface area contributed by atoms with E-state index in [9.17, 15) is 9.59 Å². The largest absolute Gasteiger partial charge is 0.329 e. The fraction of sp³-hybridized carbons (Fsp3) is 0.333. The number of hydrogen-bond donors (Lipinski definition) is 1. The van der Waals surface area contributed by atoms with Crippen molar-refractivity contribution in [2.45, 2.75) is 6.42 Å². The van der Waals surface area contributed by atoms with Crippen LogP contribution in [-0.2, 0) is 11.2 Å². The molecule has 0 spiro atoms. The minimum absolute atomic E-state index is 0.134. The fourth-order valence-electron chi connectivity index (χ4n) is 1.36. The van der Waals surface area contributed by atoms with E-state index >= 15 is 0 Å². The summed E-state index contributed by atoms with van der Waals surface area (Å²) in [4.78, 5) is 23.6. The zero-order valence-electron chi connectivity index (χ0n) is 7.53. The molecule has 0 bridgehead atoms. The van der Waals surface area contributed by atoms with E-state index in [1.807, 2.05) is 16.8 Å². The van der Waals surface area contributed by atoms with E-state index in [4.69, 9.17) is 0 Å². The van der Waals surface area contributed by atoms with E-state index in [2.05, 4.69) is 5.32 Å². The van der Waals surface area contributed by atoms with Gasteiger partial charge < -0.3 is 5.32 Å². The van der Waals surface area contributed by atoms with Gasteiger partial charge >= 0.3 is 6.03 Å². The van der Waals surface area contributed by atoms with Crippen LogP contribution in [0.2, 0.25) is 0 Å². The zero-order valence-corrected chi connectivity index (χ0v) is 8.34. The average Bonchev–Trinajstić information content (AvgIpc) is 2.76. The van der Waals surface area contributed by atoms with Gasteiger partial charge in [-0.25, -0.2) is 4.79 Å². The summed E-state index contributed by atoms with van der Waals surface area (Å²) in [6.07, 6.45) is 0.739. The molecule has 1 N–H and O–H groups in total. The van der Waals surface area contributed by atoms with Gasteiger partial charge in [0.1, 0.15) is 0 Å². The number of thiophene rings is 1. The topological polar surface area (TPSA) is 49.4 Å². The van der Waals surface area contributed by atoms with E-state index in [0.29, 0.717) is 6.54 Å². The number of amides is 3. The Morgan fingerprint density at radius 1 is 1.50 bits per heavy atom. The minimum Gasteiger partial charge on any atom is -0.329 e. The Balaban J connectivity index is 1.92. The molecule has 2 heterocycles. The van der Waals surface area contributed by atoms with Crippen molar-refractivity contribution in [3.63, 3.8) is 0 Å². The van der Waals surface area contributed by atoms with Crippen molar-refractivity contribution in [3.8, 4) is 0 Å². The Hall–Kier alpha value is -1.36. The Morgan fingerprint density at radius 3 is 2.93 bits per heavy atom. The van der Waals surface area contributed by atoms with Crippen LogP contribution in [-0.4, -0.2) is 29.9 Å². The Bertz CT molecular complexity index is 332. The third kappa shape index (κ3) is 1.77. The first-order valence-electron chi connectivity index (χ1n) is 4.36. The molecule has 0 saturated carbocycles. The lowest BCUT2D eigenvalue weighted by Crippen LogP contribution is -2.32. The number of hydrogen-bond acceptors (Lipinski definition) is 3. The van der Waals surface area contributed by atoms with Crippen LogP contribution in [0.3, 0.4) is 0 Å². The molecule has 1 saturated heterocycles. The van der Waals surface area contributed by atoms with Crippen LogP contribution in [0.25, 0.3) is 0 Å². The van der Waals surface area contributed by atoms with E-state index in [0.717, 1.165) is 6.42 Å². The van der Waals surface area contributed by atoms with Crippen LogP contribution in [0.5, 0.6) is 0 Å². The summed E-state index contributed by atoms with van der Waals surface area (Å²) in [6, 6.07) is 1.73. The highest BCUT2D eigenvalue weighted by Gasteiger charge is 2.27. The second-order valence-corrected chi connectivity index (χ2v) is 3.87. The van der Waals surface area contributed by atoms with E-state index in [-0.39, 0.29) is 18.5 Å². The smallest absolute Gasteiger partial charge is 0.324 e. The third-order valence-electron chi connectivity index (χ3n) is 2.14. The maximum atomic E-state index is 11.2. The molecule has 1 fully saturated rings. The standard InChI is InChI=1S/C9H10N2O2S/c12-8-5-10-9(13)11(8)3-1-7-2-4-14-6-7/h2,4,6H,1,3,5H2,(H,10,13). The quantitative estimate of drug-likeness (QED) is 0.752. The molecule has 14 heavy (non-hydrogen) atoms. The molecule has 4 nitrogen and oxygen atoms in total. The second-order valence-electron chi connectivity index (χ2n) is 3.09. The van der Waals surface area contributed by atoms with E-state index in [1.165, 1.54) is 10.5 Å². The third-order valence-corrected chi connectivity index (χ3v) is 2.87. The molecule has 1 aromatic heterocycles. The normalized spacial score (nSPS) is 16.1. The number of nitrogens with zero attached hydrogens (tertiary/aromatic N) is 1. The first-order valence-corrected chi connectivity index (χ1v) is 5.31. The van der Waals surface area contributed by atoms with Crippen molar-refractivity contribution >= 4 is 23.3 Å². The molecule has 0 aliphatic carbocycles. The van der Waals surface area contributed by atoms with Gasteiger partial charge in [-0.05, 0) is 28.8 Å². The van der Waals surface area contributed by atoms with Crippen molar-refractivity contribution in [2.24, 2.45) is 0 Å². The summed E-state index contributed by atoms with van der Waals surface area (Å²) in [7, 11) is 0. The highest BCUT2D eigenvalue weighted by molar-refractivity contribution is 7.07. The van der Waals surface area contributed by atoms with Gasteiger partial charge in [-0.15, -0.1) is 0 Å². The summed E-state index contributed by atoms with van der Waals surface area (Å²) < 4.78 is 0. The lowest BCUT2D eigenvalue weighted by molar-refractivity contribution is -0.124. The highest BCUT2D eigenvalue weighted by Crippen LogP contribution is 2.08. The summed E-state index contributed by atoms with van der Waals surface area (Å²) in [5, 5.41) is 6.50. The van der Waals surface area contributed by atoms with Gasteiger partial charge in [0.15, 0.2) is 0 Å². The number of nitrogens with one attached hydrogen (secondary N) is 1. The van der Waals surface area contributed by atoms with Crippen LogP contribution >= 0.6 is 11.3 Å². The molecule has 0 unspecified atom stereocenters. The predicted molar refractivity (Wildman–Crippen MR) is 53.1 cm³/mol. The van der Waals surface area contributed by atoms with E-state index in [1.54, 1.807) is 11.3 Å². The second kappa shape index (κ2) is 3.79. The molecular weight excluding hydrogens is 200 g/mol. The zero-order chi connectivity index (χ0) is 9.97. The van der Waals surface area contributed by atoms with Crippen molar-refractivity contribution in [1.29, 1.82) is 0 Å². The first-order chi connectivity index (χ1) is 6.77. The molecule has 2 rings (SSSR count). The number of imide groups is 1. The highest BCUT2D eigenvalue weighted by atomic mass is 32.1. The lowest BCUT2D eigenvalue weighted by Gasteiger charge is -2.10. The SMILES string of the molecule is O=C1CNC(=O)N1CCc1ccsc1. The van der Waals surface area contributed by atoms with Crippen LogP contribution in [0, 0.1) is 0 Å². The number of carbonyl (C=O) groups excluding carboxylic acids is 2. The van der Waals surface area contributed by atoms with Crippen LogP contribution in [0.15, 0.2) is 16.8 Å². The Morgan fingerprint density at radius 2 is 2.36 bits per heavy atom. The fourth-order valence-corrected chi connectivity index (χ4v) is 2.06. The Kier molecular flexibility index (Phi) is 2.49. The van der Waals surface area contributed by atoms with Gasteiger partial charge in [0.05, 0.1) is 6.54 Å². The summed E-state index contributed by atoms with van der Waals surface area (Å²) in [6.45, 7) is 0.615. The van der Waals surface area contributed by atoms with Gasteiger partial charge in [-0.1, -0.05) is 0 Å². The first kappa shape index (κ1) is 9.21. The predicted octanol–water partition coefficient (Wildman–Crippen LogP) is 0.842. The number of rotatable bonds is 3. The van der Waals surface area contributed by atoms with Gasteiger partial charge in [0.2, 0.25) is 5.91 Å². The minimum atomic E-state index is -0.273. The molecule has 1 aliphatic rings.